The van der Waals surface area contributed by atoms with Crippen LogP contribution >= 0.6 is 15.9 Å². The molecule has 1 atom stereocenters. The van der Waals surface area contributed by atoms with Crippen molar-refractivity contribution in [1.82, 2.24) is 5.32 Å². The molecule has 1 aromatic carbocycles. The fourth-order valence-corrected chi connectivity index (χ4v) is 2.15. The predicted octanol–water partition coefficient (Wildman–Crippen LogP) is 2.11. The Morgan fingerprint density at radius 3 is 3.00 bits per heavy atom. The van der Waals surface area contributed by atoms with Crippen LogP contribution in [-0.2, 0) is 4.79 Å². The molecule has 0 radical (unpaired) electrons. The van der Waals surface area contributed by atoms with Crippen LogP contribution < -0.4 is 10.1 Å². The monoisotopic (exact) mass is 327 g/mol. The first-order valence-electron chi connectivity index (χ1n) is 6.48. The number of aliphatic hydroxyl groups excluding tert-OH is 1. The Kier molecular flexibility index (Phi) is 5.22. The minimum Gasteiger partial charge on any atom is -0.493 e. The fraction of sp³-hybridized carbons (Fsp3) is 0.500. The third-order valence-electron chi connectivity index (χ3n) is 3.07. The number of amides is 1. The molecule has 1 aromatic rings. The van der Waals surface area contributed by atoms with Crippen LogP contribution in [0.4, 0.5) is 0 Å². The van der Waals surface area contributed by atoms with Crippen molar-refractivity contribution in [2.75, 3.05) is 13.2 Å². The van der Waals surface area contributed by atoms with Crippen LogP contribution in [0.15, 0.2) is 28.7 Å². The third kappa shape index (κ3) is 5.20. The predicted molar refractivity (Wildman–Crippen MR) is 76.0 cm³/mol. The average molecular weight is 328 g/mol. The quantitative estimate of drug-likeness (QED) is 0.806. The first kappa shape index (κ1) is 14.3. The highest BCUT2D eigenvalue weighted by molar-refractivity contribution is 9.10. The van der Waals surface area contributed by atoms with Gasteiger partial charge < -0.3 is 15.2 Å². The second-order valence-corrected chi connectivity index (χ2v) is 5.68. The summed E-state index contributed by atoms with van der Waals surface area (Å²) in [6.45, 7) is 0.683. The second kappa shape index (κ2) is 6.91. The number of hydrogen-bond donors (Lipinski definition) is 2. The molecule has 2 rings (SSSR count). The summed E-state index contributed by atoms with van der Waals surface area (Å²) in [5, 5.41) is 12.3. The van der Waals surface area contributed by atoms with Gasteiger partial charge in [-0.15, -0.1) is 0 Å². The summed E-state index contributed by atoms with van der Waals surface area (Å²) < 4.78 is 6.42. The van der Waals surface area contributed by atoms with Gasteiger partial charge in [-0.1, -0.05) is 22.0 Å². The smallest absolute Gasteiger partial charge is 0.223 e. The standard InChI is InChI=1S/C14H18BrNO3/c15-11-2-1-3-12(8-11)19-7-6-14(18)16-9-13(17)10-4-5-10/h1-3,8,10,13,17H,4-7,9H2,(H,16,18). The number of benzene rings is 1. The van der Waals surface area contributed by atoms with E-state index in [2.05, 4.69) is 21.2 Å². The van der Waals surface area contributed by atoms with Crippen molar-refractivity contribution in [3.8, 4) is 5.75 Å². The van der Waals surface area contributed by atoms with Gasteiger partial charge >= 0.3 is 0 Å². The molecule has 1 aliphatic carbocycles. The number of hydrogen-bond acceptors (Lipinski definition) is 3. The Labute approximate surface area is 121 Å². The van der Waals surface area contributed by atoms with Gasteiger partial charge in [0.2, 0.25) is 5.91 Å². The molecule has 19 heavy (non-hydrogen) atoms. The maximum Gasteiger partial charge on any atom is 0.223 e. The molecule has 1 unspecified atom stereocenters. The fourth-order valence-electron chi connectivity index (χ4n) is 1.77. The van der Waals surface area contributed by atoms with Crippen LogP contribution in [0.5, 0.6) is 5.75 Å². The molecular weight excluding hydrogens is 310 g/mol. The van der Waals surface area contributed by atoms with Crippen LogP contribution in [0.3, 0.4) is 0 Å². The normalized spacial score (nSPS) is 15.9. The Hall–Kier alpha value is -1.07. The maximum absolute atomic E-state index is 11.5. The lowest BCUT2D eigenvalue weighted by Crippen LogP contribution is -2.33. The highest BCUT2D eigenvalue weighted by atomic mass is 79.9. The van der Waals surface area contributed by atoms with Crippen molar-refractivity contribution in [3.63, 3.8) is 0 Å². The van der Waals surface area contributed by atoms with E-state index in [0.29, 0.717) is 25.5 Å². The molecule has 0 saturated heterocycles. The number of halogens is 1. The van der Waals surface area contributed by atoms with Gasteiger partial charge in [-0.25, -0.2) is 0 Å². The van der Waals surface area contributed by atoms with E-state index < -0.39 is 6.10 Å². The summed E-state index contributed by atoms with van der Waals surface area (Å²) in [6.07, 6.45) is 2.05. The SMILES string of the molecule is O=C(CCOc1cccc(Br)c1)NCC(O)C1CC1. The number of carbonyl (C=O) groups is 1. The van der Waals surface area contributed by atoms with Crippen LogP contribution in [0.1, 0.15) is 19.3 Å². The molecule has 0 aromatic heterocycles. The molecule has 1 amide bonds. The summed E-state index contributed by atoms with van der Waals surface area (Å²) in [5.41, 5.74) is 0. The second-order valence-electron chi connectivity index (χ2n) is 4.76. The van der Waals surface area contributed by atoms with Crippen molar-refractivity contribution in [1.29, 1.82) is 0 Å². The van der Waals surface area contributed by atoms with E-state index in [1.165, 1.54) is 0 Å². The van der Waals surface area contributed by atoms with Gasteiger partial charge in [0.25, 0.3) is 0 Å². The first-order valence-corrected chi connectivity index (χ1v) is 7.27. The molecule has 104 valence electrons. The topological polar surface area (TPSA) is 58.6 Å². The van der Waals surface area contributed by atoms with Crippen molar-refractivity contribution < 1.29 is 14.6 Å². The van der Waals surface area contributed by atoms with Crippen LogP contribution in [0.2, 0.25) is 0 Å². The molecule has 0 heterocycles. The Balaban J connectivity index is 1.60. The molecule has 1 saturated carbocycles. The summed E-state index contributed by atoms with van der Waals surface area (Å²) in [5.74, 6) is 1.04. The summed E-state index contributed by atoms with van der Waals surface area (Å²) in [4.78, 5) is 11.5. The van der Waals surface area contributed by atoms with Crippen LogP contribution in [-0.4, -0.2) is 30.3 Å². The summed E-state index contributed by atoms with van der Waals surface area (Å²) >= 11 is 3.36. The van der Waals surface area contributed by atoms with E-state index in [0.717, 1.165) is 23.1 Å². The molecule has 2 N–H and O–H groups in total. The Morgan fingerprint density at radius 2 is 2.32 bits per heavy atom. The van der Waals surface area contributed by atoms with Gasteiger partial charge in [0, 0.05) is 11.0 Å². The molecule has 0 aliphatic heterocycles. The lowest BCUT2D eigenvalue weighted by Gasteiger charge is -2.11. The Morgan fingerprint density at radius 1 is 1.53 bits per heavy atom. The van der Waals surface area contributed by atoms with Crippen molar-refractivity contribution >= 4 is 21.8 Å². The molecule has 5 heteroatoms. The van der Waals surface area contributed by atoms with E-state index in [4.69, 9.17) is 4.74 Å². The molecule has 4 nitrogen and oxygen atoms in total. The average Bonchev–Trinajstić information content (AvgIpc) is 3.20. The van der Waals surface area contributed by atoms with Crippen molar-refractivity contribution in [2.24, 2.45) is 5.92 Å². The minimum atomic E-state index is -0.394. The van der Waals surface area contributed by atoms with Crippen LogP contribution in [0.25, 0.3) is 0 Å². The molecular formula is C14H18BrNO3. The summed E-state index contributed by atoms with van der Waals surface area (Å²) in [6, 6.07) is 7.50. The number of carbonyl (C=O) groups excluding carboxylic acids is 1. The van der Waals surface area contributed by atoms with E-state index in [-0.39, 0.29) is 5.91 Å². The molecule has 1 fully saturated rings. The molecule has 0 spiro atoms. The van der Waals surface area contributed by atoms with Gasteiger partial charge in [-0.3, -0.25) is 4.79 Å². The first-order chi connectivity index (χ1) is 9.15. The van der Waals surface area contributed by atoms with Gasteiger partial charge in [0.05, 0.1) is 19.1 Å². The number of rotatable bonds is 7. The zero-order chi connectivity index (χ0) is 13.7. The highest BCUT2D eigenvalue weighted by Gasteiger charge is 2.29. The number of nitrogens with one attached hydrogen (secondary N) is 1. The van der Waals surface area contributed by atoms with Crippen molar-refractivity contribution in [2.45, 2.75) is 25.4 Å². The lowest BCUT2D eigenvalue weighted by molar-refractivity contribution is -0.122. The van der Waals surface area contributed by atoms with Crippen LogP contribution in [0, 0.1) is 5.92 Å². The van der Waals surface area contributed by atoms with E-state index in [1.54, 1.807) is 0 Å². The highest BCUT2D eigenvalue weighted by Crippen LogP contribution is 2.32. The van der Waals surface area contributed by atoms with Gasteiger partial charge in [0.15, 0.2) is 0 Å². The number of ether oxygens (including phenoxy) is 1. The van der Waals surface area contributed by atoms with Crippen molar-refractivity contribution in [3.05, 3.63) is 28.7 Å². The largest absolute Gasteiger partial charge is 0.493 e. The lowest BCUT2D eigenvalue weighted by atomic mass is 10.2. The minimum absolute atomic E-state index is 0.0882. The summed E-state index contributed by atoms with van der Waals surface area (Å²) in [7, 11) is 0. The van der Waals surface area contributed by atoms with Gasteiger partial charge in [-0.2, -0.15) is 0 Å². The van der Waals surface area contributed by atoms with Gasteiger partial charge in [-0.05, 0) is 37.0 Å². The van der Waals surface area contributed by atoms with E-state index in [9.17, 15) is 9.90 Å². The van der Waals surface area contributed by atoms with E-state index >= 15 is 0 Å². The van der Waals surface area contributed by atoms with E-state index in [1.807, 2.05) is 24.3 Å². The Bertz CT molecular complexity index is 434. The van der Waals surface area contributed by atoms with Gasteiger partial charge in [0.1, 0.15) is 5.75 Å². The number of aliphatic hydroxyl groups is 1. The third-order valence-corrected chi connectivity index (χ3v) is 3.56. The molecule has 1 aliphatic rings. The zero-order valence-electron chi connectivity index (χ0n) is 10.6. The maximum atomic E-state index is 11.5. The zero-order valence-corrected chi connectivity index (χ0v) is 12.2. The molecule has 0 bridgehead atoms.